The van der Waals surface area contributed by atoms with Crippen LogP contribution >= 0.6 is 0 Å². The lowest BCUT2D eigenvalue weighted by molar-refractivity contribution is 0.412. The molecule has 0 spiro atoms. The average Bonchev–Trinajstić information content (AvgIpc) is 2.52. The normalized spacial score (nSPS) is 15.3. The number of hydrogen-bond acceptors (Lipinski definition) is 2. The Labute approximate surface area is 131 Å². The summed E-state index contributed by atoms with van der Waals surface area (Å²) in [4.78, 5) is 0.369. The first-order chi connectivity index (χ1) is 10.1. The number of benzene rings is 1. The zero-order chi connectivity index (χ0) is 16.3. The van der Waals surface area contributed by atoms with Crippen LogP contribution in [0.15, 0.2) is 29.2 Å². The third-order valence-corrected chi connectivity index (χ3v) is 4.79. The molecule has 0 radical (unpaired) electrons. The molecule has 3 nitrogen and oxygen atoms in total. The van der Waals surface area contributed by atoms with E-state index in [0.717, 1.165) is 31.2 Å². The van der Waals surface area contributed by atoms with Crippen molar-refractivity contribution in [3.05, 3.63) is 29.8 Å². The minimum absolute atomic E-state index is 0.120. The summed E-state index contributed by atoms with van der Waals surface area (Å²) in [6, 6.07) is 7.11. The van der Waals surface area contributed by atoms with Crippen molar-refractivity contribution in [3.63, 3.8) is 0 Å². The number of nitrogens with one attached hydrogen (secondary N) is 1. The molecule has 21 heavy (non-hydrogen) atoms. The molecule has 1 N–H and O–H groups in total. The molecule has 1 aromatic rings. The van der Waals surface area contributed by atoms with Crippen LogP contribution in [0.3, 0.4) is 0 Å². The van der Waals surface area contributed by atoms with Crippen molar-refractivity contribution in [1.82, 2.24) is 4.72 Å². The minimum atomic E-state index is -3.33. The predicted molar refractivity (Wildman–Crippen MR) is 91.1 cm³/mol. The molecule has 0 unspecified atom stereocenters. The molecule has 0 aliphatic heterocycles. The monoisotopic (exact) mass is 313 g/mol. The average molecular weight is 314 g/mol. The van der Waals surface area contributed by atoms with Gasteiger partial charge in [-0.05, 0) is 31.9 Å². The van der Waals surface area contributed by atoms with E-state index in [-0.39, 0.29) is 6.04 Å². The van der Waals surface area contributed by atoms with E-state index in [1.54, 1.807) is 12.1 Å². The van der Waals surface area contributed by atoms with Gasteiger partial charge in [-0.1, -0.05) is 64.7 Å². The van der Waals surface area contributed by atoms with Crippen molar-refractivity contribution in [2.24, 2.45) is 0 Å². The molecular formula is C17H31NO2S. The van der Waals surface area contributed by atoms with Gasteiger partial charge in [0.25, 0.3) is 0 Å². The predicted octanol–water partition coefficient (Wildman–Crippen LogP) is 4.66. The van der Waals surface area contributed by atoms with E-state index < -0.39 is 10.0 Å². The summed E-state index contributed by atoms with van der Waals surface area (Å²) < 4.78 is 27.0. The molecule has 0 atom stereocenters. The molecule has 0 saturated heterocycles. The Bertz CT molecular complexity index is 460. The summed E-state index contributed by atoms with van der Waals surface area (Å²) in [6.07, 6.45) is 5.40. The third-order valence-electron chi connectivity index (χ3n) is 3.26. The van der Waals surface area contributed by atoms with Gasteiger partial charge in [-0.15, -0.1) is 0 Å². The van der Waals surface area contributed by atoms with Crippen molar-refractivity contribution in [2.45, 2.75) is 77.7 Å². The Morgan fingerprint density at radius 3 is 1.86 bits per heavy atom. The van der Waals surface area contributed by atoms with Crippen molar-refractivity contribution in [1.29, 1.82) is 0 Å². The van der Waals surface area contributed by atoms with E-state index in [1.165, 1.54) is 6.42 Å². The maximum Gasteiger partial charge on any atom is 0.240 e. The van der Waals surface area contributed by atoms with E-state index in [1.807, 2.05) is 46.8 Å². The molecule has 1 aliphatic rings. The number of rotatable bonds is 3. The Kier molecular flexibility index (Phi) is 10.4. The van der Waals surface area contributed by atoms with Crippen molar-refractivity contribution >= 4 is 10.0 Å². The number of aryl methyl sites for hydroxylation is 1. The van der Waals surface area contributed by atoms with E-state index in [0.29, 0.717) is 4.90 Å². The van der Waals surface area contributed by atoms with Crippen LogP contribution in [0, 0.1) is 6.92 Å². The highest BCUT2D eigenvalue weighted by molar-refractivity contribution is 7.89. The molecular weight excluding hydrogens is 282 g/mol. The largest absolute Gasteiger partial charge is 0.240 e. The van der Waals surface area contributed by atoms with Crippen LogP contribution in [0.1, 0.15) is 65.4 Å². The van der Waals surface area contributed by atoms with E-state index in [2.05, 4.69) is 4.72 Å². The fourth-order valence-electron chi connectivity index (χ4n) is 2.23. The molecule has 0 aromatic heterocycles. The standard InChI is InChI=1S/C13H19NO2S.2C2H6/c1-11-7-9-13(10-8-11)17(15,16)14-12-5-3-2-4-6-12;2*1-2/h7-10,12,14H,2-6H2,1H3;2*1-2H3. The first kappa shape index (κ1) is 20.1. The summed E-state index contributed by atoms with van der Waals surface area (Å²) in [5.41, 5.74) is 1.07. The number of sulfonamides is 1. The Balaban J connectivity index is 0.000000921. The van der Waals surface area contributed by atoms with Gasteiger partial charge in [-0.3, -0.25) is 0 Å². The van der Waals surface area contributed by atoms with Gasteiger partial charge in [0.15, 0.2) is 0 Å². The molecule has 0 heterocycles. The lowest BCUT2D eigenvalue weighted by Crippen LogP contribution is -2.36. The first-order valence-corrected chi connectivity index (χ1v) is 9.65. The SMILES string of the molecule is CC.CC.Cc1ccc(S(=O)(=O)NC2CCCCC2)cc1. The fraction of sp³-hybridized carbons (Fsp3) is 0.647. The topological polar surface area (TPSA) is 46.2 Å². The number of hydrogen-bond donors (Lipinski definition) is 1. The van der Waals surface area contributed by atoms with Crippen molar-refractivity contribution in [3.8, 4) is 0 Å². The summed E-state index contributed by atoms with van der Waals surface area (Å²) in [6.45, 7) is 9.95. The lowest BCUT2D eigenvalue weighted by Gasteiger charge is -2.22. The second-order valence-corrected chi connectivity index (χ2v) is 6.48. The van der Waals surface area contributed by atoms with Crippen LogP contribution in [0.5, 0.6) is 0 Å². The Hall–Kier alpha value is -0.870. The Morgan fingerprint density at radius 2 is 1.38 bits per heavy atom. The van der Waals surface area contributed by atoms with Gasteiger partial charge in [-0.2, -0.15) is 0 Å². The van der Waals surface area contributed by atoms with E-state index >= 15 is 0 Å². The first-order valence-electron chi connectivity index (χ1n) is 8.17. The van der Waals surface area contributed by atoms with Crippen molar-refractivity contribution in [2.75, 3.05) is 0 Å². The summed E-state index contributed by atoms with van der Waals surface area (Å²) in [5, 5.41) is 0. The Morgan fingerprint density at radius 1 is 0.905 bits per heavy atom. The van der Waals surface area contributed by atoms with Crippen LogP contribution in [-0.4, -0.2) is 14.5 Å². The molecule has 0 amide bonds. The van der Waals surface area contributed by atoms with E-state index in [9.17, 15) is 8.42 Å². The highest BCUT2D eigenvalue weighted by Gasteiger charge is 2.21. The van der Waals surface area contributed by atoms with Gasteiger partial charge >= 0.3 is 0 Å². The van der Waals surface area contributed by atoms with Gasteiger partial charge in [0.2, 0.25) is 10.0 Å². The second kappa shape index (κ2) is 10.8. The second-order valence-electron chi connectivity index (χ2n) is 4.77. The van der Waals surface area contributed by atoms with Crippen LogP contribution in [-0.2, 0) is 10.0 Å². The fourth-order valence-corrected chi connectivity index (χ4v) is 3.53. The highest BCUT2D eigenvalue weighted by atomic mass is 32.2. The van der Waals surface area contributed by atoms with Gasteiger partial charge in [0.05, 0.1) is 4.90 Å². The molecule has 1 fully saturated rings. The molecule has 1 aliphatic carbocycles. The summed E-state index contributed by atoms with van der Waals surface area (Å²) in [7, 11) is -3.33. The van der Waals surface area contributed by atoms with Gasteiger partial charge < -0.3 is 0 Å². The van der Waals surface area contributed by atoms with Crippen LogP contribution < -0.4 is 4.72 Å². The molecule has 2 rings (SSSR count). The molecule has 4 heteroatoms. The minimum Gasteiger partial charge on any atom is -0.208 e. The molecule has 1 saturated carbocycles. The van der Waals surface area contributed by atoms with Gasteiger partial charge in [-0.25, -0.2) is 13.1 Å². The quantitative estimate of drug-likeness (QED) is 0.882. The maximum absolute atomic E-state index is 12.1. The van der Waals surface area contributed by atoms with Gasteiger partial charge in [0, 0.05) is 6.04 Å². The molecule has 1 aromatic carbocycles. The lowest BCUT2D eigenvalue weighted by atomic mass is 9.96. The third kappa shape index (κ3) is 7.09. The highest BCUT2D eigenvalue weighted by Crippen LogP contribution is 2.20. The smallest absolute Gasteiger partial charge is 0.208 e. The van der Waals surface area contributed by atoms with E-state index in [4.69, 9.17) is 0 Å². The van der Waals surface area contributed by atoms with Crippen molar-refractivity contribution < 1.29 is 8.42 Å². The maximum atomic E-state index is 12.1. The van der Waals surface area contributed by atoms with Crippen LogP contribution in [0.4, 0.5) is 0 Å². The summed E-state index contributed by atoms with van der Waals surface area (Å²) >= 11 is 0. The summed E-state index contributed by atoms with van der Waals surface area (Å²) in [5.74, 6) is 0. The van der Waals surface area contributed by atoms with Crippen LogP contribution in [0.25, 0.3) is 0 Å². The molecule has 122 valence electrons. The van der Waals surface area contributed by atoms with Crippen LogP contribution in [0.2, 0.25) is 0 Å². The zero-order valence-electron chi connectivity index (χ0n) is 14.1. The molecule has 0 bridgehead atoms. The zero-order valence-corrected chi connectivity index (χ0v) is 15.0. The van der Waals surface area contributed by atoms with Gasteiger partial charge in [0.1, 0.15) is 0 Å².